The summed E-state index contributed by atoms with van der Waals surface area (Å²) in [6.45, 7) is 1.80. The van der Waals surface area contributed by atoms with Gasteiger partial charge < -0.3 is 14.6 Å². The predicted octanol–water partition coefficient (Wildman–Crippen LogP) is 5.62. The number of fused-ring (bicyclic) bond motifs is 1. The van der Waals surface area contributed by atoms with E-state index < -0.39 is 41.3 Å². The van der Waals surface area contributed by atoms with E-state index in [1.165, 1.54) is 37.3 Å². The molecule has 2 heterocycles. The summed E-state index contributed by atoms with van der Waals surface area (Å²) in [5.74, 6) is -3.51. The van der Waals surface area contributed by atoms with Crippen molar-refractivity contribution >= 4 is 40.9 Å². The Labute approximate surface area is 227 Å². The average Bonchev–Trinajstić information content (AvgIpc) is 3.47. The molecule has 0 aliphatic carbocycles. The summed E-state index contributed by atoms with van der Waals surface area (Å²) in [5.41, 5.74) is -1.87. The van der Waals surface area contributed by atoms with Gasteiger partial charge in [-0.2, -0.15) is 0 Å². The van der Waals surface area contributed by atoms with Crippen LogP contribution in [0.15, 0.2) is 60.7 Å². The first-order valence-electron chi connectivity index (χ1n) is 11.8. The Morgan fingerprint density at radius 1 is 1.11 bits per heavy atom. The number of amides is 1. The van der Waals surface area contributed by atoms with E-state index >= 15 is 4.39 Å². The molecule has 1 saturated heterocycles. The van der Waals surface area contributed by atoms with Gasteiger partial charge >= 0.3 is 5.97 Å². The molecular weight excluding hydrogens is 536 g/mol. The molecule has 0 bridgehead atoms. The zero-order valence-corrected chi connectivity index (χ0v) is 21.6. The van der Waals surface area contributed by atoms with Crippen LogP contribution in [0, 0.1) is 5.82 Å². The first-order chi connectivity index (χ1) is 18.1. The fraction of sp³-hybridized carbons (Fsp3) is 0.250. The van der Waals surface area contributed by atoms with Crippen LogP contribution >= 0.6 is 23.2 Å². The minimum Gasteiger partial charge on any atom is -0.479 e. The smallest absolute Gasteiger partial charge is 0.331 e. The molecule has 38 heavy (non-hydrogen) atoms. The second-order valence-electron chi connectivity index (χ2n) is 9.16. The van der Waals surface area contributed by atoms with E-state index in [4.69, 9.17) is 32.7 Å². The van der Waals surface area contributed by atoms with Gasteiger partial charge in [-0.3, -0.25) is 14.5 Å². The van der Waals surface area contributed by atoms with Crippen LogP contribution in [0.25, 0.3) is 0 Å². The summed E-state index contributed by atoms with van der Waals surface area (Å²) in [6.07, 6.45) is -0.142. The zero-order chi connectivity index (χ0) is 27.2. The van der Waals surface area contributed by atoms with Crippen molar-refractivity contribution in [3.05, 3.63) is 104 Å². The lowest BCUT2D eigenvalue weighted by Crippen LogP contribution is -2.52. The van der Waals surface area contributed by atoms with Crippen LogP contribution in [0.4, 0.5) is 4.39 Å². The van der Waals surface area contributed by atoms with Crippen LogP contribution < -0.4 is 0 Å². The number of ether oxygens (including phenoxy) is 2. The molecule has 2 aliphatic rings. The van der Waals surface area contributed by atoms with E-state index in [1.54, 1.807) is 24.3 Å². The molecule has 0 saturated carbocycles. The van der Waals surface area contributed by atoms with Gasteiger partial charge in [0.2, 0.25) is 5.72 Å². The van der Waals surface area contributed by atoms with E-state index in [9.17, 15) is 19.5 Å². The Morgan fingerprint density at radius 3 is 2.29 bits per heavy atom. The van der Waals surface area contributed by atoms with Crippen molar-refractivity contribution in [1.29, 1.82) is 0 Å². The quantitative estimate of drug-likeness (QED) is 0.379. The summed E-state index contributed by atoms with van der Waals surface area (Å²) in [6, 6.07) is 12.9. The molecule has 0 unspecified atom stereocenters. The fourth-order valence-electron chi connectivity index (χ4n) is 5.05. The van der Waals surface area contributed by atoms with Crippen molar-refractivity contribution in [3.8, 4) is 0 Å². The highest BCUT2D eigenvalue weighted by molar-refractivity contribution is 6.30. The van der Waals surface area contributed by atoms with Gasteiger partial charge in [-0.25, -0.2) is 9.18 Å². The van der Waals surface area contributed by atoms with E-state index in [1.807, 2.05) is 0 Å². The van der Waals surface area contributed by atoms with E-state index in [0.717, 1.165) is 11.0 Å². The SMILES string of the molecule is CC(=O)c1cc(F)c2c(c1)C(=O)N([C@@H](C(=O)O)c1ccc(Cl)cc1)[C@@]2(O[C@H]1CCOC1)c1ccc(Cl)cc1. The highest BCUT2D eigenvalue weighted by Crippen LogP contribution is 2.52. The number of halogens is 3. The number of hydrogen-bond acceptors (Lipinski definition) is 5. The number of aliphatic carboxylic acids is 1. The third-order valence-corrected chi connectivity index (χ3v) is 7.27. The standard InChI is InChI=1S/C28H22Cl2FNO6/c1-15(33)17-12-22-24(23(31)13-17)28(38-21-10-11-37-14-21,18-4-8-20(30)9-5-18)32(26(22)34)25(27(35)36)16-2-6-19(29)7-3-16/h2-9,12-13,21,25H,10-11,14H2,1H3,(H,35,36)/t21-,25+,28+/m0/s1. The van der Waals surface area contributed by atoms with E-state index in [0.29, 0.717) is 23.1 Å². The largest absolute Gasteiger partial charge is 0.479 e. The van der Waals surface area contributed by atoms with Crippen LogP contribution in [-0.2, 0) is 20.0 Å². The topological polar surface area (TPSA) is 93.1 Å². The molecular formula is C28H22Cl2FNO6. The molecule has 7 nitrogen and oxygen atoms in total. The lowest BCUT2D eigenvalue weighted by molar-refractivity contribution is -0.173. The highest BCUT2D eigenvalue weighted by Gasteiger charge is 2.59. The van der Waals surface area contributed by atoms with Crippen molar-refractivity contribution < 1.29 is 33.4 Å². The van der Waals surface area contributed by atoms with Gasteiger partial charge in [-0.1, -0.05) is 47.5 Å². The lowest BCUT2D eigenvalue weighted by atomic mass is 9.90. The van der Waals surface area contributed by atoms with Crippen molar-refractivity contribution in [1.82, 2.24) is 4.90 Å². The number of rotatable bonds is 7. The molecule has 196 valence electrons. The number of carbonyl (C=O) groups is 3. The number of hydrogen-bond donors (Lipinski definition) is 1. The maximum absolute atomic E-state index is 16.1. The second kappa shape index (κ2) is 10.1. The van der Waals surface area contributed by atoms with Crippen molar-refractivity contribution in [2.75, 3.05) is 13.2 Å². The third-order valence-electron chi connectivity index (χ3n) is 6.76. The molecule has 1 N–H and O–H groups in total. The molecule has 0 spiro atoms. The molecule has 1 fully saturated rings. The van der Waals surface area contributed by atoms with Crippen molar-refractivity contribution in [3.63, 3.8) is 0 Å². The second-order valence-corrected chi connectivity index (χ2v) is 10.0. The van der Waals surface area contributed by atoms with Crippen LogP contribution in [-0.4, -0.2) is 47.0 Å². The van der Waals surface area contributed by atoms with Crippen LogP contribution in [0.3, 0.4) is 0 Å². The van der Waals surface area contributed by atoms with Gasteiger partial charge in [0.15, 0.2) is 11.8 Å². The van der Waals surface area contributed by atoms with Crippen LogP contribution in [0.1, 0.15) is 56.8 Å². The van der Waals surface area contributed by atoms with Gasteiger partial charge in [0.25, 0.3) is 5.91 Å². The molecule has 10 heteroatoms. The summed E-state index contributed by atoms with van der Waals surface area (Å²) in [7, 11) is 0. The molecule has 3 aromatic carbocycles. The van der Waals surface area contributed by atoms with Crippen LogP contribution in [0.5, 0.6) is 0 Å². The number of carboxylic acids is 1. The Morgan fingerprint density at radius 2 is 1.74 bits per heavy atom. The molecule has 0 aromatic heterocycles. The first-order valence-corrected chi connectivity index (χ1v) is 12.6. The summed E-state index contributed by atoms with van der Waals surface area (Å²) in [5, 5.41) is 11.2. The van der Waals surface area contributed by atoms with E-state index in [2.05, 4.69) is 0 Å². The lowest BCUT2D eigenvalue weighted by Gasteiger charge is -2.43. The van der Waals surface area contributed by atoms with Crippen molar-refractivity contribution in [2.45, 2.75) is 31.2 Å². The number of ketones is 1. The Balaban J connectivity index is 1.85. The molecule has 5 rings (SSSR count). The predicted molar refractivity (Wildman–Crippen MR) is 137 cm³/mol. The third kappa shape index (κ3) is 4.37. The van der Waals surface area contributed by atoms with E-state index in [-0.39, 0.29) is 34.4 Å². The first kappa shape index (κ1) is 26.3. The summed E-state index contributed by atoms with van der Waals surface area (Å²) in [4.78, 5) is 40.2. The van der Waals surface area contributed by atoms with Gasteiger partial charge in [-0.05, 0) is 55.3 Å². The molecule has 0 radical (unpaired) electrons. The van der Waals surface area contributed by atoms with Gasteiger partial charge in [0.05, 0.1) is 23.8 Å². The number of nitrogens with zero attached hydrogens (tertiary/aromatic N) is 1. The number of Topliss-reactive ketones (excluding diaryl/α,β-unsaturated/α-hetero) is 1. The van der Waals surface area contributed by atoms with Gasteiger partial charge in [-0.15, -0.1) is 0 Å². The molecule has 3 aromatic rings. The summed E-state index contributed by atoms with van der Waals surface area (Å²) >= 11 is 12.2. The summed E-state index contributed by atoms with van der Waals surface area (Å²) < 4.78 is 28.1. The van der Waals surface area contributed by atoms with Gasteiger partial charge in [0.1, 0.15) is 5.82 Å². The molecule has 2 aliphatic heterocycles. The minimum absolute atomic E-state index is 0.0241. The zero-order valence-electron chi connectivity index (χ0n) is 20.1. The van der Waals surface area contributed by atoms with Crippen LogP contribution in [0.2, 0.25) is 10.0 Å². The normalized spacial score (nSPS) is 21.4. The minimum atomic E-state index is -2.02. The number of benzene rings is 3. The highest BCUT2D eigenvalue weighted by atomic mass is 35.5. The van der Waals surface area contributed by atoms with Crippen molar-refractivity contribution in [2.24, 2.45) is 0 Å². The Hall–Kier alpha value is -3.30. The fourth-order valence-corrected chi connectivity index (χ4v) is 5.30. The Bertz CT molecular complexity index is 1420. The number of carboxylic acid groups (broad SMARTS) is 1. The molecule has 3 atom stereocenters. The maximum atomic E-state index is 16.1. The Kier molecular flexibility index (Phi) is 7.00. The maximum Gasteiger partial charge on any atom is 0.331 e. The van der Waals surface area contributed by atoms with Gasteiger partial charge in [0, 0.05) is 27.8 Å². The monoisotopic (exact) mass is 557 g/mol. The molecule has 1 amide bonds. The number of carbonyl (C=O) groups excluding carboxylic acids is 2. The average molecular weight is 558 g/mol.